The molecule has 1 aromatic rings. The molecule has 1 aromatic carbocycles. The lowest BCUT2D eigenvalue weighted by Crippen LogP contribution is -2.20. The van der Waals surface area contributed by atoms with Crippen LogP contribution in [0, 0.1) is 11.2 Å². The van der Waals surface area contributed by atoms with Crippen molar-refractivity contribution in [3.05, 3.63) is 34.6 Å². The van der Waals surface area contributed by atoms with Crippen LogP contribution < -0.4 is 5.32 Å². The van der Waals surface area contributed by atoms with E-state index >= 15 is 0 Å². The van der Waals surface area contributed by atoms with Crippen LogP contribution in [0.4, 0.5) is 4.39 Å². The highest BCUT2D eigenvalue weighted by molar-refractivity contribution is 6.30. The minimum Gasteiger partial charge on any atom is -0.313 e. The average molecular weight is 258 g/mol. The second-order valence-electron chi connectivity index (χ2n) is 5.61. The van der Waals surface area contributed by atoms with Gasteiger partial charge in [0.25, 0.3) is 0 Å². The van der Waals surface area contributed by atoms with Gasteiger partial charge in [0.2, 0.25) is 0 Å². The summed E-state index contributed by atoms with van der Waals surface area (Å²) in [5.41, 5.74) is 0.957. The first-order valence-electron chi connectivity index (χ1n) is 5.96. The van der Waals surface area contributed by atoms with Crippen molar-refractivity contribution in [1.82, 2.24) is 5.32 Å². The number of rotatable bonds is 4. The van der Waals surface area contributed by atoms with Gasteiger partial charge < -0.3 is 5.32 Å². The van der Waals surface area contributed by atoms with Crippen molar-refractivity contribution in [3.8, 4) is 0 Å². The Kier molecular flexibility index (Phi) is 4.96. The third kappa shape index (κ3) is 4.64. The van der Waals surface area contributed by atoms with E-state index in [0.717, 1.165) is 12.8 Å². The Morgan fingerprint density at radius 1 is 1.35 bits per heavy atom. The lowest BCUT2D eigenvalue weighted by molar-refractivity contribution is 0.335. The second-order valence-corrected chi connectivity index (χ2v) is 6.04. The number of benzene rings is 1. The molecule has 0 bridgehead atoms. The van der Waals surface area contributed by atoms with Gasteiger partial charge in [0, 0.05) is 16.6 Å². The van der Waals surface area contributed by atoms with Gasteiger partial charge in [-0.1, -0.05) is 38.4 Å². The Morgan fingerprint density at radius 3 is 2.47 bits per heavy atom. The molecule has 3 heteroatoms. The summed E-state index contributed by atoms with van der Waals surface area (Å²) in [6.07, 6.45) is 1.96. The standard InChI is InChI=1S/C14H21ClFN/c1-14(2,3)8-7-13(17-4)11-6-5-10(15)9-12(11)16/h5-6,9,13,17H,7-8H2,1-4H3. The maximum Gasteiger partial charge on any atom is 0.129 e. The number of nitrogens with one attached hydrogen (secondary N) is 1. The molecule has 0 spiro atoms. The van der Waals surface area contributed by atoms with Gasteiger partial charge >= 0.3 is 0 Å². The van der Waals surface area contributed by atoms with Crippen LogP contribution in [0.15, 0.2) is 18.2 Å². The van der Waals surface area contributed by atoms with Crippen LogP contribution in [0.5, 0.6) is 0 Å². The fourth-order valence-corrected chi connectivity index (χ4v) is 1.98. The van der Waals surface area contributed by atoms with E-state index in [4.69, 9.17) is 11.6 Å². The van der Waals surface area contributed by atoms with Gasteiger partial charge in [0.15, 0.2) is 0 Å². The van der Waals surface area contributed by atoms with Crippen LogP contribution in [-0.2, 0) is 0 Å². The Bertz CT molecular complexity index is 371. The number of halogens is 2. The molecule has 1 rings (SSSR count). The summed E-state index contributed by atoms with van der Waals surface area (Å²) in [5.74, 6) is -0.231. The molecule has 1 N–H and O–H groups in total. The van der Waals surface area contributed by atoms with Crippen molar-refractivity contribution in [3.63, 3.8) is 0 Å². The van der Waals surface area contributed by atoms with E-state index in [1.54, 1.807) is 12.1 Å². The van der Waals surface area contributed by atoms with E-state index in [-0.39, 0.29) is 17.3 Å². The molecule has 0 heterocycles. The zero-order valence-electron chi connectivity index (χ0n) is 11.0. The summed E-state index contributed by atoms with van der Waals surface area (Å²) < 4.78 is 13.8. The van der Waals surface area contributed by atoms with Gasteiger partial charge in [-0.3, -0.25) is 0 Å². The molecule has 0 aromatic heterocycles. The molecular weight excluding hydrogens is 237 g/mol. The third-order valence-electron chi connectivity index (χ3n) is 2.87. The van der Waals surface area contributed by atoms with Crippen molar-refractivity contribution in [1.29, 1.82) is 0 Å². The van der Waals surface area contributed by atoms with Gasteiger partial charge in [-0.05, 0) is 37.4 Å². The maximum atomic E-state index is 13.8. The van der Waals surface area contributed by atoms with Crippen molar-refractivity contribution in [2.45, 2.75) is 39.7 Å². The molecule has 1 atom stereocenters. The largest absolute Gasteiger partial charge is 0.313 e. The van der Waals surface area contributed by atoms with Gasteiger partial charge in [-0.15, -0.1) is 0 Å². The van der Waals surface area contributed by atoms with Crippen molar-refractivity contribution >= 4 is 11.6 Å². The van der Waals surface area contributed by atoms with Gasteiger partial charge in [-0.2, -0.15) is 0 Å². The molecule has 1 unspecified atom stereocenters. The topological polar surface area (TPSA) is 12.0 Å². The molecule has 0 aliphatic rings. The minimum absolute atomic E-state index is 0.0477. The predicted octanol–water partition coefficient (Wildman–Crippen LogP) is 4.57. The van der Waals surface area contributed by atoms with Crippen molar-refractivity contribution in [2.24, 2.45) is 5.41 Å². The molecular formula is C14H21ClFN. The van der Waals surface area contributed by atoms with E-state index in [0.29, 0.717) is 10.6 Å². The first-order valence-corrected chi connectivity index (χ1v) is 6.33. The van der Waals surface area contributed by atoms with Gasteiger partial charge in [0.05, 0.1) is 0 Å². The van der Waals surface area contributed by atoms with E-state index in [9.17, 15) is 4.39 Å². The third-order valence-corrected chi connectivity index (χ3v) is 3.10. The van der Waals surface area contributed by atoms with Crippen LogP contribution in [0.2, 0.25) is 5.02 Å². The van der Waals surface area contributed by atoms with Crippen LogP contribution in [0.25, 0.3) is 0 Å². The van der Waals surface area contributed by atoms with E-state index < -0.39 is 0 Å². The quantitative estimate of drug-likeness (QED) is 0.833. The van der Waals surface area contributed by atoms with Gasteiger partial charge in [0.1, 0.15) is 5.82 Å². The Hall–Kier alpha value is -0.600. The summed E-state index contributed by atoms with van der Waals surface area (Å²) >= 11 is 5.75. The molecule has 0 saturated carbocycles. The van der Waals surface area contributed by atoms with Gasteiger partial charge in [-0.25, -0.2) is 4.39 Å². The summed E-state index contributed by atoms with van der Waals surface area (Å²) in [6.45, 7) is 6.58. The van der Waals surface area contributed by atoms with Crippen LogP contribution in [-0.4, -0.2) is 7.05 Å². The Balaban J connectivity index is 2.79. The first kappa shape index (κ1) is 14.5. The van der Waals surface area contributed by atoms with E-state index in [1.165, 1.54) is 6.07 Å². The Labute approximate surface area is 108 Å². The highest BCUT2D eigenvalue weighted by atomic mass is 35.5. The van der Waals surface area contributed by atoms with Crippen molar-refractivity contribution < 1.29 is 4.39 Å². The smallest absolute Gasteiger partial charge is 0.129 e. The normalized spacial score (nSPS) is 13.8. The second kappa shape index (κ2) is 5.83. The molecule has 1 nitrogen and oxygen atoms in total. The highest BCUT2D eigenvalue weighted by Crippen LogP contribution is 2.29. The molecule has 17 heavy (non-hydrogen) atoms. The predicted molar refractivity (Wildman–Crippen MR) is 71.9 cm³/mol. The first-order chi connectivity index (χ1) is 7.83. The summed E-state index contributed by atoms with van der Waals surface area (Å²) in [6, 6.07) is 4.92. The van der Waals surface area contributed by atoms with Crippen LogP contribution >= 0.6 is 11.6 Å². The zero-order valence-corrected chi connectivity index (χ0v) is 11.7. The van der Waals surface area contributed by atoms with Crippen molar-refractivity contribution in [2.75, 3.05) is 7.05 Å². The lowest BCUT2D eigenvalue weighted by Gasteiger charge is -2.23. The zero-order chi connectivity index (χ0) is 13.1. The maximum absolute atomic E-state index is 13.8. The molecule has 0 saturated heterocycles. The van der Waals surface area contributed by atoms with Crippen LogP contribution in [0.1, 0.15) is 45.2 Å². The molecule has 96 valence electrons. The lowest BCUT2D eigenvalue weighted by atomic mass is 9.87. The number of hydrogen-bond acceptors (Lipinski definition) is 1. The summed E-state index contributed by atoms with van der Waals surface area (Å²) in [4.78, 5) is 0. The highest BCUT2D eigenvalue weighted by Gasteiger charge is 2.18. The SMILES string of the molecule is CNC(CCC(C)(C)C)c1ccc(Cl)cc1F. The minimum atomic E-state index is -0.231. The van der Waals surface area contributed by atoms with E-state index in [1.807, 2.05) is 7.05 Å². The monoisotopic (exact) mass is 257 g/mol. The summed E-state index contributed by atoms with van der Waals surface area (Å²) in [5, 5.41) is 3.61. The Morgan fingerprint density at radius 2 is 2.00 bits per heavy atom. The fourth-order valence-electron chi connectivity index (χ4n) is 1.82. The molecule has 0 amide bonds. The number of hydrogen-bond donors (Lipinski definition) is 1. The average Bonchev–Trinajstić information content (AvgIpc) is 2.19. The molecule has 0 radical (unpaired) electrons. The molecule has 0 aliphatic carbocycles. The van der Waals surface area contributed by atoms with Crippen LogP contribution in [0.3, 0.4) is 0 Å². The molecule has 0 fully saturated rings. The molecule has 0 aliphatic heterocycles. The summed E-state index contributed by atoms with van der Waals surface area (Å²) in [7, 11) is 1.86. The van der Waals surface area contributed by atoms with E-state index in [2.05, 4.69) is 26.1 Å². The fraction of sp³-hybridized carbons (Fsp3) is 0.571.